The largest absolute Gasteiger partial charge is 0.379 e. The van der Waals surface area contributed by atoms with E-state index in [1.165, 1.54) is 17.0 Å². The van der Waals surface area contributed by atoms with Crippen molar-refractivity contribution in [2.75, 3.05) is 13.1 Å². The van der Waals surface area contributed by atoms with Gasteiger partial charge in [0.1, 0.15) is 5.82 Å². The minimum Gasteiger partial charge on any atom is -0.379 e. The Morgan fingerprint density at radius 1 is 1.38 bits per heavy atom. The van der Waals surface area contributed by atoms with Gasteiger partial charge >= 0.3 is 0 Å². The highest BCUT2D eigenvalue weighted by molar-refractivity contribution is 5.86. The molecule has 0 bridgehead atoms. The lowest BCUT2D eigenvalue weighted by Gasteiger charge is -2.38. The van der Waals surface area contributed by atoms with Crippen LogP contribution in [0.2, 0.25) is 0 Å². The van der Waals surface area contributed by atoms with Crippen molar-refractivity contribution in [3.63, 3.8) is 0 Å². The summed E-state index contributed by atoms with van der Waals surface area (Å²) in [6.07, 6.45) is 4.39. The number of rotatable bonds is 6. The number of carbonyl (C=O) groups is 1. The van der Waals surface area contributed by atoms with Crippen LogP contribution in [0.3, 0.4) is 0 Å². The van der Waals surface area contributed by atoms with Crippen molar-refractivity contribution in [1.29, 1.82) is 0 Å². The minimum atomic E-state index is -1.56. The van der Waals surface area contributed by atoms with Crippen LogP contribution >= 0.6 is 0 Å². The molecule has 1 atom stereocenters. The number of aliphatic hydroxyl groups is 1. The van der Waals surface area contributed by atoms with Crippen molar-refractivity contribution < 1.29 is 18.7 Å². The van der Waals surface area contributed by atoms with E-state index in [4.69, 9.17) is 0 Å². The number of benzene rings is 1. The Labute approximate surface area is 150 Å². The van der Waals surface area contributed by atoms with Crippen LogP contribution in [0.25, 0.3) is 0 Å². The summed E-state index contributed by atoms with van der Waals surface area (Å²) in [6, 6.07) is 3.89. The average Bonchev–Trinajstić information content (AvgIpc) is 3.01. The molecular formula is C18H22F2N4O2. The summed E-state index contributed by atoms with van der Waals surface area (Å²) in [4.78, 5) is 18.3. The first-order valence-electron chi connectivity index (χ1n) is 8.52. The molecule has 0 spiro atoms. The third-order valence-electron chi connectivity index (χ3n) is 4.72. The van der Waals surface area contributed by atoms with E-state index in [-0.39, 0.29) is 18.7 Å². The zero-order valence-corrected chi connectivity index (χ0v) is 14.6. The van der Waals surface area contributed by atoms with Gasteiger partial charge in [-0.05, 0) is 18.9 Å². The number of hydrogen-bond acceptors (Lipinski definition) is 4. The normalized spacial score (nSPS) is 20.6. The van der Waals surface area contributed by atoms with Gasteiger partial charge in [-0.1, -0.05) is 12.1 Å². The van der Waals surface area contributed by atoms with Crippen LogP contribution in [0.4, 0.5) is 8.78 Å². The van der Waals surface area contributed by atoms with Crippen LogP contribution in [-0.2, 0) is 24.9 Å². The van der Waals surface area contributed by atoms with Gasteiger partial charge in [0.05, 0.1) is 6.54 Å². The molecule has 0 aliphatic carbocycles. The molecule has 8 heteroatoms. The monoisotopic (exact) mass is 364 g/mol. The minimum absolute atomic E-state index is 0.0654. The van der Waals surface area contributed by atoms with Crippen molar-refractivity contribution in [1.82, 2.24) is 19.8 Å². The molecule has 2 N–H and O–H groups in total. The molecule has 0 saturated carbocycles. The predicted octanol–water partition coefficient (Wildman–Crippen LogP) is 1.34. The molecule has 2 aromatic rings. The number of imidazole rings is 1. The number of halogens is 2. The summed E-state index contributed by atoms with van der Waals surface area (Å²) < 4.78 is 29.1. The van der Waals surface area contributed by atoms with Crippen LogP contribution in [0, 0.1) is 11.6 Å². The fraction of sp³-hybridized carbons (Fsp3) is 0.444. The molecule has 1 aliphatic heterocycles. The first kappa shape index (κ1) is 18.5. The van der Waals surface area contributed by atoms with Gasteiger partial charge in [0.15, 0.2) is 17.2 Å². The van der Waals surface area contributed by atoms with Crippen LogP contribution in [-0.4, -0.2) is 44.2 Å². The van der Waals surface area contributed by atoms with Crippen molar-refractivity contribution >= 4 is 5.91 Å². The number of amides is 1. The van der Waals surface area contributed by atoms with Gasteiger partial charge < -0.3 is 19.9 Å². The van der Waals surface area contributed by atoms with Crippen molar-refractivity contribution in [2.45, 2.75) is 31.5 Å². The van der Waals surface area contributed by atoms with Gasteiger partial charge in [0.2, 0.25) is 0 Å². The number of likely N-dealkylation sites (tertiary alicyclic amines) is 1. The molecule has 2 heterocycles. The van der Waals surface area contributed by atoms with Crippen molar-refractivity contribution in [3.8, 4) is 0 Å². The number of aromatic nitrogens is 2. The Kier molecular flexibility index (Phi) is 5.33. The fourth-order valence-corrected chi connectivity index (χ4v) is 3.20. The molecule has 140 valence electrons. The Hall–Kier alpha value is -2.32. The summed E-state index contributed by atoms with van der Waals surface area (Å²) in [5.74, 6) is -1.59. The maximum atomic E-state index is 13.9. The van der Waals surface area contributed by atoms with Gasteiger partial charge in [0, 0.05) is 44.6 Å². The average molecular weight is 364 g/mol. The Morgan fingerprint density at radius 2 is 2.19 bits per heavy atom. The molecule has 1 amide bonds. The lowest BCUT2D eigenvalue weighted by molar-refractivity contribution is -0.157. The van der Waals surface area contributed by atoms with E-state index in [2.05, 4.69) is 10.3 Å². The third kappa shape index (κ3) is 3.76. The van der Waals surface area contributed by atoms with E-state index < -0.39 is 23.1 Å². The van der Waals surface area contributed by atoms with E-state index in [1.807, 2.05) is 17.8 Å². The first-order valence-corrected chi connectivity index (χ1v) is 8.52. The number of carbonyl (C=O) groups excluding carboxylic acids is 1. The SMILES string of the molecule is Cn1ccnc1CNCC1(O)CCCN(Cc2cccc(F)c2F)C1=O. The van der Waals surface area contributed by atoms with Gasteiger partial charge in [-0.25, -0.2) is 13.8 Å². The molecule has 0 radical (unpaired) electrons. The fourth-order valence-electron chi connectivity index (χ4n) is 3.20. The second-order valence-corrected chi connectivity index (χ2v) is 6.63. The van der Waals surface area contributed by atoms with E-state index in [0.29, 0.717) is 25.9 Å². The van der Waals surface area contributed by atoms with Crippen molar-refractivity contribution in [3.05, 3.63) is 53.6 Å². The molecule has 1 saturated heterocycles. The van der Waals surface area contributed by atoms with Crippen LogP contribution in [0.5, 0.6) is 0 Å². The highest BCUT2D eigenvalue weighted by atomic mass is 19.2. The smallest absolute Gasteiger partial charge is 0.256 e. The molecular weight excluding hydrogens is 342 g/mol. The van der Waals surface area contributed by atoms with E-state index in [1.54, 1.807) is 6.20 Å². The lowest BCUT2D eigenvalue weighted by Crippen LogP contribution is -2.57. The van der Waals surface area contributed by atoms with E-state index in [0.717, 1.165) is 11.9 Å². The Morgan fingerprint density at radius 3 is 2.92 bits per heavy atom. The summed E-state index contributed by atoms with van der Waals surface area (Å²) in [6.45, 7) is 0.818. The summed E-state index contributed by atoms with van der Waals surface area (Å²) >= 11 is 0. The van der Waals surface area contributed by atoms with Gasteiger partial charge in [-0.2, -0.15) is 0 Å². The molecule has 3 rings (SSSR count). The molecule has 26 heavy (non-hydrogen) atoms. The molecule has 1 aromatic heterocycles. The van der Waals surface area contributed by atoms with E-state index >= 15 is 0 Å². The lowest BCUT2D eigenvalue weighted by atomic mass is 9.91. The topological polar surface area (TPSA) is 70.4 Å². The highest BCUT2D eigenvalue weighted by Crippen LogP contribution is 2.25. The number of nitrogens with one attached hydrogen (secondary N) is 1. The quantitative estimate of drug-likeness (QED) is 0.812. The first-order chi connectivity index (χ1) is 12.4. The zero-order valence-electron chi connectivity index (χ0n) is 14.6. The van der Waals surface area contributed by atoms with Crippen LogP contribution in [0.1, 0.15) is 24.2 Å². The Balaban J connectivity index is 1.64. The summed E-state index contributed by atoms with van der Waals surface area (Å²) in [7, 11) is 1.86. The third-order valence-corrected chi connectivity index (χ3v) is 4.72. The molecule has 1 unspecified atom stereocenters. The molecule has 1 aliphatic rings. The van der Waals surface area contributed by atoms with Crippen molar-refractivity contribution in [2.24, 2.45) is 7.05 Å². The predicted molar refractivity (Wildman–Crippen MR) is 90.9 cm³/mol. The Bertz CT molecular complexity index is 795. The number of piperidine rings is 1. The van der Waals surface area contributed by atoms with Crippen LogP contribution < -0.4 is 5.32 Å². The number of hydrogen-bond donors (Lipinski definition) is 2. The number of aryl methyl sites for hydroxylation is 1. The standard InChI is InChI=1S/C18H22F2N4O2/c1-23-9-7-22-15(23)10-21-12-18(26)6-3-8-24(17(18)25)11-13-4-2-5-14(19)16(13)20/h2,4-5,7,9,21,26H,3,6,8,10-12H2,1H3. The maximum absolute atomic E-state index is 13.9. The van der Waals surface area contributed by atoms with E-state index in [9.17, 15) is 18.7 Å². The van der Waals surface area contributed by atoms with Gasteiger partial charge in [0.25, 0.3) is 5.91 Å². The second-order valence-electron chi connectivity index (χ2n) is 6.63. The number of nitrogens with zero attached hydrogens (tertiary/aromatic N) is 3. The maximum Gasteiger partial charge on any atom is 0.256 e. The van der Waals surface area contributed by atoms with Crippen LogP contribution in [0.15, 0.2) is 30.6 Å². The molecule has 6 nitrogen and oxygen atoms in total. The molecule has 1 fully saturated rings. The van der Waals surface area contributed by atoms with Gasteiger partial charge in [-0.3, -0.25) is 4.79 Å². The zero-order chi connectivity index (χ0) is 18.7. The molecule has 1 aromatic carbocycles. The highest BCUT2D eigenvalue weighted by Gasteiger charge is 2.42. The second kappa shape index (κ2) is 7.51. The summed E-state index contributed by atoms with van der Waals surface area (Å²) in [5, 5.41) is 13.8. The van der Waals surface area contributed by atoms with Gasteiger partial charge in [-0.15, -0.1) is 0 Å². The summed E-state index contributed by atoms with van der Waals surface area (Å²) in [5.41, 5.74) is -1.46.